The van der Waals surface area contributed by atoms with Gasteiger partial charge in [-0.25, -0.2) is 9.59 Å². The van der Waals surface area contributed by atoms with Crippen molar-refractivity contribution in [1.82, 2.24) is 0 Å². The van der Waals surface area contributed by atoms with E-state index in [0.717, 1.165) is 19.3 Å². The van der Waals surface area contributed by atoms with Crippen molar-refractivity contribution in [3.8, 4) is 0 Å². The van der Waals surface area contributed by atoms with Crippen LogP contribution in [0, 0.1) is 16.7 Å². The first kappa shape index (κ1) is 16.5. The van der Waals surface area contributed by atoms with E-state index in [0.29, 0.717) is 16.7 Å². The molecule has 0 aliphatic heterocycles. The first-order valence-electron chi connectivity index (χ1n) is 8.73. The summed E-state index contributed by atoms with van der Waals surface area (Å²) in [5, 5.41) is 0. The Kier molecular flexibility index (Phi) is 3.85. The van der Waals surface area contributed by atoms with Gasteiger partial charge in [0.15, 0.2) is 0 Å². The number of hydrogen-bond acceptors (Lipinski definition) is 4. The van der Waals surface area contributed by atoms with Crippen LogP contribution in [-0.2, 0) is 19.1 Å². The van der Waals surface area contributed by atoms with Crippen molar-refractivity contribution in [2.24, 2.45) is 16.7 Å². The van der Waals surface area contributed by atoms with Gasteiger partial charge in [0.25, 0.3) is 0 Å². The summed E-state index contributed by atoms with van der Waals surface area (Å²) in [4.78, 5) is 23.7. The predicted molar refractivity (Wildman–Crippen MR) is 86.6 cm³/mol. The van der Waals surface area contributed by atoms with E-state index < -0.39 is 11.9 Å². The van der Waals surface area contributed by atoms with Crippen LogP contribution in [0.25, 0.3) is 0 Å². The average Bonchev–Trinajstić information content (AvgIpc) is 2.30. The van der Waals surface area contributed by atoms with Crippen molar-refractivity contribution in [2.75, 3.05) is 0 Å². The maximum absolute atomic E-state index is 12.2. The van der Waals surface area contributed by atoms with Crippen molar-refractivity contribution in [3.63, 3.8) is 0 Å². The van der Waals surface area contributed by atoms with E-state index in [4.69, 9.17) is 9.47 Å². The molecule has 128 valence electrons. The van der Waals surface area contributed by atoms with Crippen molar-refractivity contribution >= 4 is 11.9 Å². The van der Waals surface area contributed by atoms with Gasteiger partial charge in [0, 0.05) is 12.2 Å². The van der Waals surface area contributed by atoms with Crippen molar-refractivity contribution in [3.05, 3.63) is 12.2 Å². The fourth-order valence-electron chi connectivity index (χ4n) is 6.11. The molecule has 0 aromatic rings. The Morgan fingerprint density at radius 1 is 0.957 bits per heavy atom. The van der Waals surface area contributed by atoms with Gasteiger partial charge >= 0.3 is 11.9 Å². The first-order chi connectivity index (χ1) is 10.6. The molecule has 4 fully saturated rings. The smallest absolute Gasteiger partial charge is 0.331 e. The average molecular weight is 320 g/mol. The van der Waals surface area contributed by atoms with Crippen LogP contribution in [0.2, 0.25) is 0 Å². The van der Waals surface area contributed by atoms with Crippen molar-refractivity contribution in [2.45, 2.75) is 77.9 Å². The number of carbonyl (C=O) groups excluding carboxylic acids is 2. The van der Waals surface area contributed by atoms with Gasteiger partial charge in [-0.15, -0.1) is 0 Å². The highest BCUT2D eigenvalue weighted by atomic mass is 16.6. The van der Waals surface area contributed by atoms with E-state index in [1.807, 2.05) is 0 Å². The molecule has 0 saturated heterocycles. The molecule has 0 heterocycles. The Labute approximate surface area is 138 Å². The zero-order chi connectivity index (χ0) is 16.9. The SMILES string of the molecule is CC(C)OC(=O)/C=C/C(=O)OC12CC3C[C@@](C)(C1)C[C@](C)(C3)C2. The first-order valence-corrected chi connectivity index (χ1v) is 8.73. The van der Waals surface area contributed by atoms with E-state index in [1.54, 1.807) is 13.8 Å². The maximum atomic E-state index is 12.2. The van der Waals surface area contributed by atoms with Crippen molar-refractivity contribution in [1.29, 1.82) is 0 Å². The third-order valence-corrected chi connectivity index (χ3v) is 5.60. The Hall–Kier alpha value is -1.32. The van der Waals surface area contributed by atoms with Gasteiger partial charge in [0.2, 0.25) is 0 Å². The summed E-state index contributed by atoms with van der Waals surface area (Å²) in [5.41, 5.74) is 0.274. The maximum Gasteiger partial charge on any atom is 0.331 e. The topological polar surface area (TPSA) is 52.6 Å². The molecular formula is C19H28O4. The molecule has 4 bridgehead atoms. The molecule has 0 aromatic carbocycles. The Morgan fingerprint density at radius 3 is 2.04 bits per heavy atom. The van der Waals surface area contributed by atoms with Gasteiger partial charge in [-0.2, -0.15) is 0 Å². The summed E-state index contributed by atoms with van der Waals surface area (Å²) in [7, 11) is 0. The lowest BCUT2D eigenvalue weighted by molar-refractivity contribution is -0.212. The fourth-order valence-corrected chi connectivity index (χ4v) is 6.11. The van der Waals surface area contributed by atoms with Gasteiger partial charge in [-0.3, -0.25) is 0 Å². The highest BCUT2D eigenvalue weighted by Crippen LogP contribution is 2.67. The van der Waals surface area contributed by atoms with Crippen LogP contribution in [0.3, 0.4) is 0 Å². The number of rotatable bonds is 4. The van der Waals surface area contributed by atoms with Crippen LogP contribution in [0.1, 0.15) is 66.2 Å². The normalized spacial score (nSPS) is 41.5. The molecule has 0 radical (unpaired) electrons. The molecule has 4 saturated carbocycles. The molecule has 4 atom stereocenters. The molecule has 23 heavy (non-hydrogen) atoms. The molecule has 0 spiro atoms. The van der Waals surface area contributed by atoms with Gasteiger partial charge in [-0.05, 0) is 69.1 Å². The lowest BCUT2D eigenvalue weighted by Crippen LogP contribution is -2.59. The number of carbonyl (C=O) groups is 2. The Bertz CT molecular complexity index is 530. The largest absolute Gasteiger partial charge is 0.460 e. The minimum atomic E-state index is -0.499. The summed E-state index contributed by atoms with van der Waals surface area (Å²) < 4.78 is 10.9. The predicted octanol–water partition coefficient (Wildman–Crippen LogP) is 3.79. The van der Waals surface area contributed by atoms with E-state index in [9.17, 15) is 9.59 Å². The van der Waals surface area contributed by atoms with Gasteiger partial charge in [-0.1, -0.05) is 13.8 Å². The quantitative estimate of drug-likeness (QED) is 0.584. The van der Waals surface area contributed by atoms with Crippen LogP contribution in [-0.4, -0.2) is 23.6 Å². The molecule has 4 nitrogen and oxygen atoms in total. The fraction of sp³-hybridized carbons (Fsp3) is 0.789. The van der Waals surface area contributed by atoms with Gasteiger partial charge < -0.3 is 9.47 Å². The van der Waals surface area contributed by atoms with Crippen LogP contribution in [0.4, 0.5) is 0 Å². The second-order valence-corrected chi connectivity index (χ2v) is 9.05. The molecule has 4 aliphatic rings. The molecule has 0 N–H and O–H groups in total. The highest BCUT2D eigenvalue weighted by Gasteiger charge is 2.61. The Morgan fingerprint density at radius 2 is 1.52 bits per heavy atom. The molecule has 4 aliphatic carbocycles. The molecule has 2 unspecified atom stereocenters. The molecule has 0 aromatic heterocycles. The van der Waals surface area contributed by atoms with E-state index in [1.165, 1.54) is 31.4 Å². The molecule has 4 rings (SSSR count). The minimum absolute atomic E-state index is 0.189. The van der Waals surface area contributed by atoms with E-state index in [2.05, 4.69) is 13.8 Å². The van der Waals surface area contributed by atoms with Gasteiger partial charge in [0.1, 0.15) is 5.60 Å². The lowest BCUT2D eigenvalue weighted by Gasteiger charge is -2.64. The summed E-state index contributed by atoms with van der Waals surface area (Å²) in [6.45, 7) is 8.24. The van der Waals surface area contributed by atoms with Crippen molar-refractivity contribution < 1.29 is 19.1 Å². The summed E-state index contributed by atoms with van der Waals surface area (Å²) in [6.07, 6.45) is 8.87. The second kappa shape index (κ2) is 5.35. The minimum Gasteiger partial charge on any atom is -0.460 e. The van der Waals surface area contributed by atoms with Crippen LogP contribution in [0.15, 0.2) is 12.2 Å². The van der Waals surface area contributed by atoms with E-state index in [-0.39, 0.29) is 11.7 Å². The molecular weight excluding hydrogens is 292 g/mol. The summed E-state index contributed by atoms with van der Waals surface area (Å²) in [6, 6.07) is 0. The number of esters is 2. The summed E-state index contributed by atoms with van der Waals surface area (Å²) in [5.74, 6) is -0.245. The van der Waals surface area contributed by atoms with E-state index >= 15 is 0 Å². The molecule has 0 amide bonds. The van der Waals surface area contributed by atoms with Crippen LogP contribution < -0.4 is 0 Å². The molecule has 4 heteroatoms. The third kappa shape index (κ3) is 3.46. The second-order valence-electron chi connectivity index (χ2n) is 9.05. The van der Waals surface area contributed by atoms with Gasteiger partial charge in [0.05, 0.1) is 6.10 Å². The summed E-state index contributed by atoms with van der Waals surface area (Å²) >= 11 is 0. The van der Waals surface area contributed by atoms with Crippen LogP contribution in [0.5, 0.6) is 0 Å². The number of hydrogen-bond donors (Lipinski definition) is 0. The highest BCUT2D eigenvalue weighted by molar-refractivity contribution is 5.91. The zero-order valence-electron chi connectivity index (χ0n) is 14.7. The van der Waals surface area contributed by atoms with Crippen LogP contribution >= 0.6 is 0 Å². The number of ether oxygens (including phenoxy) is 2. The Balaban J connectivity index is 1.67. The third-order valence-electron chi connectivity index (χ3n) is 5.60. The standard InChI is InChI=1S/C19H28O4/c1-13(2)22-15(20)5-6-16(21)23-19-9-14-7-17(3,11-19)10-18(4,8-14)12-19/h5-6,13-14H,7-12H2,1-4H3/b6-5+/t14?,17-,18+,19?. The zero-order valence-corrected chi connectivity index (χ0v) is 14.7. The monoisotopic (exact) mass is 320 g/mol. The lowest BCUT2D eigenvalue weighted by atomic mass is 9.43.